The fourth-order valence-corrected chi connectivity index (χ4v) is 11.6. The van der Waals surface area contributed by atoms with E-state index in [1.807, 2.05) is 0 Å². The number of hydrogen-bond acceptors (Lipinski definition) is 5. The highest BCUT2D eigenvalue weighted by molar-refractivity contribution is 6.99. The zero-order chi connectivity index (χ0) is 26.1. The average molecular weight is 523 g/mol. The van der Waals surface area contributed by atoms with Crippen molar-refractivity contribution in [3.63, 3.8) is 0 Å². The van der Waals surface area contributed by atoms with Crippen LogP contribution in [-0.4, -0.2) is 46.5 Å². The van der Waals surface area contributed by atoms with Gasteiger partial charge in [0.05, 0.1) is 12.7 Å². The molecule has 2 saturated heterocycles. The second kappa shape index (κ2) is 10.6. The maximum atomic E-state index is 12.5. The molecule has 5 atom stereocenters. The Labute approximate surface area is 223 Å². The second-order valence-corrected chi connectivity index (χ2v) is 16.7. The Hall–Kier alpha value is -1.99. The smallest absolute Gasteiger partial charge is 0.306 e. The Bertz CT molecular complexity index is 1010. The number of carbonyl (C=O) groups is 1. The van der Waals surface area contributed by atoms with Crippen LogP contribution >= 0.6 is 0 Å². The van der Waals surface area contributed by atoms with Crippen LogP contribution in [-0.2, 0) is 23.4 Å². The summed E-state index contributed by atoms with van der Waals surface area (Å²) in [5.41, 5.74) is -0.104. The van der Waals surface area contributed by atoms with Crippen molar-refractivity contribution in [1.82, 2.24) is 0 Å². The maximum absolute atomic E-state index is 12.5. The van der Waals surface area contributed by atoms with E-state index in [9.17, 15) is 4.79 Å². The van der Waals surface area contributed by atoms with E-state index in [1.54, 1.807) is 0 Å². The highest BCUT2D eigenvalue weighted by Gasteiger charge is 2.57. The van der Waals surface area contributed by atoms with Gasteiger partial charge in [-0.05, 0) is 47.0 Å². The molecule has 0 N–H and O–H groups in total. The van der Waals surface area contributed by atoms with Gasteiger partial charge in [0.25, 0.3) is 8.32 Å². The van der Waals surface area contributed by atoms with Gasteiger partial charge in [0.2, 0.25) is 0 Å². The van der Waals surface area contributed by atoms with Crippen LogP contribution in [0.2, 0.25) is 5.04 Å². The number of rotatable bonds is 7. The number of esters is 1. The van der Waals surface area contributed by atoms with Crippen molar-refractivity contribution in [3.8, 4) is 0 Å². The number of benzene rings is 2. The Kier molecular flexibility index (Phi) is 7.65. The molecule has 3 fully saturated rings. The van der Waals surface area contributed by atoms with E-state index in [-0.39, 0.29) is 40.7 Å². The fraction of sp³-hybridized carbons (Fsp3) is 0.581. The molecule has 0 aromatic heterocycles. The molecule has 200 valence electrons. The van der Waals surface area contributed by atoms with Crippen LogP contribution < -0.4 is 10.4 Å². The van der Waals surface area contributed by atoms with Gasteiger partial charge in [0.1, 0.15) is 0 Å². The van der Waals surface area contributed by atoms with E-state index in [4.69, 9.17) is 18.6 Å². The van der Waals surface area contributed by atoms with Crippen molar-refractivity contribution in [1.29, 1.82) is 0 Å². The molecule has 1 unspecified atom stereocenters. The van der Waals surface area contributed by atoms with E-state index in [0.717, 1.165) is 32.3 Å². The number of cyclic esters (lactones) is 1. The Balaban J connectivity index is 1.50. The van der Waals surface area contributed by atoms with Crippen molar-refractivity contribution >= 4 is 24.7 Å². The summed E-state index contributed by atoms with van der Waals surface area (Å²) < 4.78 is 25.6. The molecule has 2 aliphatic heterocycles. The van der Waals surface area contributed by atoms with E-state index in [2.05, 4.69) is 88.4 Å². The minimum atomic E-state index is -2.70. The van der Waals surface area contributed by atoms with Gasteiger partial charge in [0.15, 0.2) is 6.29 Å². The molecular weight excluding hydrogens is 480 g/mol. The normalized spacial score (nSPS) is 30.5. The summed E-state index contributed by atoms with van der Waals surface area (Å²) in [5, 5.41) is 2.43. The first-order chi connectivity index (χ1) is 17.7. The lowest BCUT2D eigenvalue weighted by Crippen LogP contribution is -2.67. The van der Waals surface area contributed by atoms with Crippen molar-refractivity contribution in [2.24, 2.45) is 17.3 Å². The molecular formula is C31H42O5Si. The zero-order valence-electron chi connectivity index (χ0n) is 22.8. The molecule has 2 heterocycles. The molecule has 0 amide bonds. The first-order valence-electron chi connectivity index (χ1n) is 13.9. The van der Waals surface area contributed by atoms with Crippen LogP contribution in [0.15, 0.2) is 60.7 Å². The Morgan fingerprint density at radius 2 is 1.65 bits per heavy atom. The minimum absolute atomic E-state index is 0.0224. The Morgan fingerprint density at radius 3 is 2.22 bits per heavy atom. The molecule has 3 aliphatic rings. The summed E-state index contributed by atoms with van der Waals surface area (Å²) in [5.74, 6) is 0.165. The SMILES string of the molecule is CC(C)(C)[Si](OC[C@@H]1[C@H]2CC(=O)OC[C@@]2(C)C[C@H]1OC1CCCCO1)(c1ccccc1)c1ccccc1. The molecule has 6 heteroatoms. The third-order valence-corrected chi connectivity index (χ3v) is 13.9. The number of carbonyl (C=O) groups excluding carboxylic acids is 1. The molecule has 37 heavy (non-hydrogen) atoms. The topological polar surface area (TPSA) is 54.0 Å². The summed E-state index contributed by atoms with van der Waals surface area (Å²) in [6, 6.07) is 21.5. The summed E-state index contributed by atoms with van der Waals surface area (Å²) in [4.78, 5) is 12.5. The maximum Gasteiger partial charge on any atom is 0.306 e. The quantitative estimate of drug-likeness (QED) is 0.376. The van der Waals surface area contributed by atoms with Gasteiger partial charge in [-0.2, -0.15) is 0 Å². The van der Waals surface area contributed by atoms with Gasteiger partial charge < -0.3 is 18.6 Å². The highest BCUT2D eigenvalue weighted by Crippen LogP contribution is 2.53. The van der Waals surface area contributed by atoms with Crippen LogP contribution in [0.4, 0.5) is 0 Å². The minimum Gasteiger partial charge on any atom is -0.465 e. The average Bonchev–Trinajstić information content (AvgIpc) is 3.16. The predicted octanol–water partition coefficient (Wildman–Crippen LogP) is 5.06. The molecule has 1 saturated carbocycles. The van der Waals surface area contributed by atoms with Gasteiger partial charge in [-0.15, -0.1) is 0 Å². The summed E-state index contributed by atoms with van der Waals surface area (Å²) in [6.45, 7) is 10.9. The standard InChI is InChI=1S/C31H42O5Si/c1-30(2,3)37(23-13-7-5-8-14-23,24-15-9-6-10-16-24)35-21-25-26-19-28(32)34-22-31(26,4)20-27(25)36-29-17-11-12-18-33-29/h5-10,13-16,25-27,29H,11-12,17-22H2,1-4H3/t25-,26-,27-,29?,31-/m1/s1. The third-order valence-electron chi connectivity index (χ3n) is 8.88. The van der Waals surface area contributed by atoms with E-state index >= 15 is 0 Å². The molecule has 0 spiro atoms. The summed E-state index contributed by atoms with van der Waals surface area (Å²) in [7, 11) is -2.70. The molecule has 5 nitrogen and oxygen atoms in total. The van der Waals surface area contributed by atoms with Gasteiger partial charge in [-0.1, -0.05) is 88.4 Å². The van der Waals surface area contributed by atoms with Gasteiger partial charge >= 0.3 is 5.97 Å². The van der Waals surface area contributed by atoms with Crippen LogP contribution in [0.1, 0.15) is 59.8 Å². The van der Waals surface area contributed by atoms with E-state index in [0.29, 0.717) is 19.6 Å². The first-order valence-corrected chi connectivity index (χ1v) is 15.8. The lowest BCUT2D eigenvalue weighted by molar-refractivity contribution is -0.197. The third kappa shape index (κ3) is 5.18. The molecule has 5 rings (SSSR count). The van der Waals surface area contributed by atoms with Crippen molar-refractivity contribution in [3.05, 3.63) is 60.7 Å². The van der Waals surface area contributed by atoms with Crippen LogP contribution in [0.25, 0.3) is 0 Å². The van der Waals surface area contributed by atoms with Crippen LogP contribution in [0, 0.1) is 17.3 Å². The van der Waals surface area contributed by atoms with Crippen molar-refractivity contribution in [2.45, 2.75) is 77.2 Å². The number of ether oxygens (including phenoxy) is 3. The summed E-state index contributed by atoms with van der Waals surface area (Å²) in [6.07, 6.45) is 4.24. The van der Waals surface area contributed by atoms with E-state index in [1.165, 1.54) is 10.4 Å². The zero-order valence-corrected chi connectivity index (χ0v) is 23.8. The van der Waals surface area contributed by atoms with E-state index < -0.39 is 8.32 Å². The first kappa shape index (κ1) is 26.6. The lowest BCUT2D eigenvalue weighted by Gasteiger charge is -2.45. The molecule has 0 bridgehead atoms. The molecule has 1 aliphatic carbocycles. The monoisotopic (exact) mass is 522 g/mol. The van der Waals surface area contributed by atoms with Gasteiger partial charge in [-0.25, -0.2) is 0 Å². The molecule has 2 aromatic rings. The lowest BCUT2D eigenvalue weighted by atomic mass is 9.74. The number of hydrogen-bond donors (Lipinski definition) is 0. The molecule has 2 aromatic carbocycles. The molecule has 0 radical (unpaired) electrons. The van der Waals surface area contributed by atoms with Crippen LogP contribution in [0.5, 0.6) is 0 Å². The van der Waals surface area contributed by atoms with Crippen LogP contribution in [0.3, 0.4) is 0 Å². The summed E-state index contributed by atoms with van der Waals surface area (Å²) >= 11 is 0. The Morgan fingerprint density at radius 1 is 1.00 bits per heavy atom. The van der Waals surface area contributed by atoms with Crippen molar-refractivity contribution < 1.29 is 23.4 Å². The number of fused-ring (bicyclic) bond motifs is 1. The second-order valence-electron chi connectivity index (χ2n) is 12.4. The largest absolute Gasteiger partial charge is 0.465 e. The highest BCUT2D eigenvalue weighted by atomic mass is 28.4. The van der Waals surface area contributed by atoms with Crippen molar-refractivity contribution in [2.75, 3.05) is 19.8 Å². The van der Waals surface area contributed by atoms with Gasteiger partial charge in [0, 0.05) is 31.0 Å². The van der Waals surface area contributed by atoms with Gasteiger partial charge in [-0.3, -0.25) is 4.79 Å². The fourth-order valence-electron chi connectivity index (χ4n) is 6.95. The predicted molar refractivity (Wildman–Crippen MR) is 147 cm³/mol.